The minimum absolute atomic E-state index is 0.138. The maximum absolute atomic E-state index is 5.16. The molecule has 86 valence electrons. The number of aryl methyl sites for hydroxylation is 1. The lowest BCUT2D eigenvalue weighted by molar-refractivity contribution is 0.180. The van der Waals surface area contributed by atoms with Gasteiger partial charge in [0, 0.05) is 24.8 Å². The van der Waals surface area contributed by atoms with Crippen molar-refractivity contribution >= 4 is 0 Å². The van der Waals surface area contributed by atoms with Gasteiger partial charge in [0.15, 0.2) is 0 Å². The van der Waals surface area contributed by atoms with Crippen LogP contribution >= 0.6 is 0 Å². The van der Waals surface area contributed by atoms with E-state index in [0.717, 1.165) is 12.2 Å². The number of aromatic nitrogens is 2. The molecular weight excluding hydrogens is 188 g/mol. The van der Waals surface area contributed by atoms with Crippen molar-refractivity contribution in [3.8, 4) is 0 Å². The van der Waals surface area contributed by atoms with E-state index in [0.29, 0.717) is 6.61 Å². The summed E-state index contributed by atoms with van der Waals surface area (Å²) in [7, 11) is 1.71. The van der Waals surface area contributed by atoms with Gasteiger partial charge in [-0.3, -0.25) is 4.68 Å². The maximum Gasteiger partial charge on any atom is 0.0913 e. The third-order valence-electron chi connectivity index (χ3n) is 2.58. The quantitative estimate of drug-likeness (QED) is 0.767. The van der Waals surface area contributed by atoms with Crippen molar-refractivity contribution in [1.29, 1.82) is 0 Å². The molecule has 0 unspecified atom stereocenters. The second kappa shape index (κ2) is 4.35. The van der Waals surface area contributed by atoms with Crippen LogP contribution in [0.3, 0.4) is 0 Å². The summed E-state index contributed by atoms with van der Waals surface area (Å²) in [6, 6.07) is 0. The highest BCUT2D eigenvalue weighted by Gasteiger charge is 2.24. The van der Waals surface area contributed by atoms with Crippen LogP contribution < -0.4 is 0 Å². The van der Waals surface area contributed by atoms with Crippen LogP contribution in [0, 0.1) is 6.92 Å². The SMILES string of the molecule is CCn1nc(COC)c(C)c1C(C)(C)C. The van der Waals surface area contributed by atoms with Crippen molar-refractivity contribution < 1.29 is 4.74 Å². The van der Waals surface area contributed by atoms with Crippen molar-refractivity contribution in [2.75, 3.05) is 7.11 Å². The van der Waals surface area contributed by atoms with E-state index in [1.54, 1.807) is 7.11 Å². The van der Waals surface area contributed by atoms with E-state index in [1.165, 1.54) is 11.3 Å². The molecule has 0 bridgehead atoms. The first-order chi connectivity index (χ1) is 6.91. The van der Waals surface area contributed by atoms with Gasteiger partial charge in [-0.05, 0) is 19.4 Å². The number of nitrogens with zero attached hydrogens (tertiary/aromatic N) is 2. The second-order valence-electron chi connectivity index (χ2n) is 4.92. The summed E-state index contributed by atoms with van der Waals surface area (Å²) in [4.78, 5) is 0. The van der Waals surface area contributed by atoms with E-state index >= 15 is 0 Å². The number of methoxy groups -OCH3 is 1. The maximum atomic E-state index is 5.16. The molecule has 1 heterocycles. The van der Waals surface area contributed by atoms with Gasteiger partial charge < -0.3 is 4.74 Å². The Balaban J connectivity index is 3.23. The molecule has 0 aliphatic rings. The fourth-order valence-corrected chi connectivity index (χ4v) is 2.05. The molecule has 0 saturated heterocycles. The van der Waals surface area contributed by atoms with Crippen molar-refractivity contribution in [3.05, 3.63) is 17.0 Å². The standard InChI is InChI=1S/C12H22N2O/c1-7-14-11(12(3,4)5)9(2)10(13-14)8-15-6/h7-8H2,1-6H3. The predicted molar refractivity (Wildman–Crippen MR) is 62.1 cm³/mol. The lowest BCUT2D eigenvalue weighted by Gasteiger charge is -2.21. The second-order valence-corrected chi connectivity index (χ2v) is 4.92. The van der Waals surface area contributed by atoms with Crippen LogP contribution in [-0.4, -0.2) is 16.9 Å². The van der Waals surface area contributed by atoms with Gasteiger partial charge in [0.05, 0.1) is 12.3 Å². The highest BCUT2D eigenvalue weighted by molar-refractivity contribution is 5.29. The molecule has 1 aromatic heterocycles. The van der Waals surface area contributed by atoms with Crippen molar-refractivity contribution in [2.24, 2.45) is 0 Å². The minimum Gasteiger partial charge on any atom is -0.378 e. The molecule has 1 aromatic rings. The van der Waals surface area contributed by atoms with Crippen molar-refractivity contribution in [2.45, 2.75) is 53.2 Å². The number of rotatable bonds is 3. The van der Waals surface area contributed by atoms with E-state index in [4.69, 9.17) is 4.74 Å². The van der Waals surface area contributed by atoms with Crippen molar-refractivity contribution in [3.63, 3.8) is 0 Å². The zero-order valence-electron chi connectivity index (χ0n) is 10.7. The molecule has 3 nitrogen and oxygen atoms in total. The summed E-state index contributed by atoms with van der Waals surface area (Å²) in [6.07, 6.45) is 0. The highest BCUT2D eigenvalue weighted by Crippen LogP contribution is 2.27. The van der Waals surface area contributed by atoms with Gasteiger partial charge in [-0.1, -0.05) is 20.8 Å². The first-order valence-electron chi connectivity index (χ1n) is 5.47. The van der Waals surface area contributed by atoms with E-state index in [1.807, 2.05) is 0 Å². The fraction of sp³-hybridized carbons (Fsp3) is 0.750. The Morgan fingerprint density at radius 2 is 1.93 bits per heavy atom. The lowest BCUT2D eigenvalue weighted by Crippen LogP contribution is -2.19. The molecule has 0 spiro atoms. The van der Waals surface area contributed by atoms with E-state index < -0.39 is 0 Å². The van der Waals surface area contributed by atoms with Crippen LogP contribution in [0.4, 0.5) is 0 Å². The topological polar surface area (TPSA) is 27.1 Å². The van der Waals surface area contributed by atoms with Crippen LogP contribution in [0.25, 0.3) is 0 Å². The van der Waals surface area contributed by atoms with Gasteiger partial charge in [-0.25, -0.2) is 0 Å². The molecular formula is C12H22N2O. The summed E-state index contributed by atoms with van der Waals surface area (Å²) >= 11 is 0. The van der Waals surface area contributed by atoms with Gasteiger partial charge in [0.2, 0.25) is 0 Å². The van der Waals surface area contributed by atoms with Crippen molar-refractivity contribution in [1.82, 2.24) is 9.78 Å². The lowest BCUT2D eigenvalue weighted by atomic mass is 9.89. The van der Waals surface area contributed by atoms with Crippen LogP contribution in [0.5, 0.6) is 0 Å². The summed E-state index contributed by atoms with van der Waals surface area (Å²) in [6.45, 7) is 12.4. The number of hydrogen-bond acceptors (Lipinski definition) is 2. The van der Waals surface area contributed by atoms with Gasteiger partial charge in [-0.15, -0.1) is 0 Å². The van der Waals surface area contributed by atoms with Gasteiger partial charge in [0.1, 0.15) is 0 Å². The first-order valence-corrected chi connectivity index (χ1v) is 5.47. The highest BCUT2D eigenvalue weighted by atomic mass is 16.5. The van der Waals surface area contributed by atoms with Crippen LogP contribution in [0.15, 0.2) is 0 Å². The summed E-state index contributed by atoms with van der Waals surface area (Å²) in [5, 5.41) is 4.58. The van der Waals surface area contributed by atoms with E-state index in [2.05, 4.69) is 44.4 Å². The molecule has 0 N–H and O–H groups in total. The summed E-state index contributed by atoms with van der Waals surface area (Å²) in [5.41, 5.74) is 3.78. The molecule has 3 heteroatoms. The van der Waals surface area contributed by atoms with E-state index in [9.17, 15) is 0 Å². The normalized spacial score (nSPS) is 12.1. The Kier molecular flexibility index (Phi) is 3.55. The Bertz CT molecular complexity index is 334. The fourth-order valence-electron chi connectivity index (χ4n) is 2.05. The minimum atomic E-state index is 0.138. The Morgan fingerprint density at radius 1 is 1.33 bits per heavy atom. The van der Waals surface area contributed by atoms with Gasteiger partial charge >= 0.3 is 0 Å². The van der Waals surface area contributed by atoms with Crippen LogP contribution in [0.2, 0.25) is 0 Å². The van der Waals surface area contributed by atoms with E-state index in [-0.39, 0.29) is 5.41 Å². The van der Waals surface area contributed by atoms with Gasteiger partial charge in [0.25, 0.3) is 0 Å². The monoisotopic (exact) mass is 210 g/mol. The molecule has 0 fully saturated rings. The molecule has 0 aromatic carbocycles. The average Bonchev–Trinajstić information content (AvgIpc) is 2.43. The molecule has 0 aliphatic heterocycles. The molecule has 1 rings (SSSR count). The Hall–Kier alpha value is -0.830. The zero-order valence-corrected chi connectivity index (χ0v) is 10.7. The largest absolute Gasteiger partial charge is 0.378 e. The third kappa shape index (κ3) is 2.40. The Morgan fingerprint density at radius 3 is 2.27 bits per heavy atom. The molecule has 0 radical (unpaired) electrons. The summed E-state index contributed by atoms with van der Waals surface area (Å²) < 4.78 is 7.25. The third-order valence-corrected chi connectivity index (χ3v) is 2.58. The van der Waals surface area contributed by atoms with Gasteiger partial charge in [-0.2, -0.15) is 5.10 Å². The summed E-state index contributed by atoms with van der Waals surface area (Å²) in [5.74, 6) is 0. The number of hydrogen-bond donors (Lipinski definition) is 0. The molecule has 0 atom stereocenters. The molecule has 0 amide bonds. The van der Waals surface area contributed by atoms with Crippen LogP contribution in [0.1, 0.15) is 44.6 Å². The Labute approximate surface area is 92.4 Å². The smallest absolute Gasteiger partial charge is 0.0913 e. The predicted octanol–water partition coefficient (Wildman–Crippen LogP) is 2.66. The van der Waals surface area contributed by atoms with Crippen LogP contribution in [-0.2, 0) is 23.3 Å². The molecule has 0 saturated carbocycles. The first kappa shape index (κ1) is 12.2. The zero-order chi connectivity index (χ0) is 11.6. The average molecular weight is 210 g/mol. The molecule has 15 heavy (non-hydrogen) atoms. The molecule has 0 aliphatic carbocycles. The number of ether oxygens (including phenoxy) is 1.